The molecule has 0 radical (unpaired) electrons. The van der Waals surface area contributed by atoms with Crippen molar-refractivity contribution in [1.29, 1.82) is 0 Å². The number of hydrogen-bond donors (Lipinski definition) is 2. The van der Waals surface area contributed by atoms with E-state index >= 15 is 0 Å². The lowest BCUT2D eigenvalue weighted by molar-refractivity contribution is -0.120. The van der Waals surface area contributed by atoms with Crippen molar-refractivity contribution in [2.24, 2.45) is 0 Å². The highest BCUT2D eigenvalue weighted by atomic mass is 32.1. The highest BCUT2D eigenvalue weighted by Crippen LogP contribution is 2.19. The molecule has 2 N–H and O–H groups in total. The van der Waals surface area contributed by atoms with Gasteiger partial charge in [-0.15, -0.1) is 0 Å². The molecule has 2 aromatic heterocycles. The molecule has 0 spiro atoms. The van der Waals surface area contributed by atoms with Crippen molar-refractivity contribution in [1.82, 2.24) is 15.5 Å². The van der Waals surface area contributed by atoms with E-state index in [9.17, 15) is 4.79 Å². The van der Waals surface area contributed by atoms with Gasteiger partial charge in [0, 0.05) is 22.7 Å². The number of nitrogens with zero attached hydrogens (tertiary/aromatic N) is 2. The molecule has 0 fully saturated rings. The Kier molecular flexibility index (Phi) is 5.45. The van der Waals surface area contributed by atoms with Crippen LogP contribution in [0.3, 0.4) is 0 Å². The van der Waals surface area contributed by atoms with Crippen LogP contribution in [0.5, 0.6) is 0 Å². The highest BCUT2D eigenvalue weighted by molar-refractivity contribution is 7.08. The van der Waals surface area contributed by atoms with Crippen molar-refractivity contribution in [3.05, 3.63) is 52.5 Å². The molecular formula is C18H20N4O2S. The molecule has 3 aromatic rings. The Morgan fingerprint density at radius 2 is 2.04 bits per heavy atom. The number of nitrogens with one attached hydrogen (secondary N) is 2. The number of aromatic nitrogens is 2. The molecule has 1 amide bonds. The van der Waals surface area contributed by atoms with E-state index in [1.807, 2.05) is 54.9 Å². The number of hydrogen-bond acceptors (Lipinski definition) is 6. The molecule has 7 heteroatoms. The summed E-state index contributed by atoms with van der Waals surface area (Å²) in [6.07, 6.45) is 0.381. The van der Waals surface area contributed by atoms with E-state index in [0.29, 0.717) is 24.7 Å². The molecule has 1 aromatic carbocycles. The first-order chi connectivity index (χ1) is 12.1. The first-order valence-electron chi connectivity index (χ1n) is 8.07. The number of amides is 1. The first kappa shape index (κ1) is 17.2. The van der Waals surface area contributed by atoms with Crippen molar-refractivity contribution in [3.8, 4) is 11.4 Å². The zero-order chi connectivity index (χ0) is 17.6. The Bertz CT molecular complexity index is 810. The molecule has 6 nitrogen and oxygen atoms in total. The Hall–Kier alpha value is -2.67. The highest BCUT2D eigenvalue weighted by Gasteiger charge is 2.09. The van der Waals surface area contributed by atoms with Crippen molar-refractivity contribution in [2.45, 2.75) is 32.9 Å². The van der Waals surface area contributed by atoms with E-state index in [2.05, 4.69) is 20.8 Å². The van der Waals surface area contributed by atoms with Gasteiger partial charge in [0.25, 0.3) is 0 Å². The molecule has 130 valence electrons. The van der Waals surface area contributed by atoms with Crippen LogP contribution in [-0.4, -0.2) is 22.1 Å². The molecule has 3 rings (SSSR count). The predicted molar refractivity (Wildman–Crippen MR) is 98.4 cm³/mol. The standard InChI is InChI=1S/C18H20N4O2S/c1-12(2)20-16(23)9-13-3-5-15(6-4-13)19-10-17-21-18(22-24-17)14-7-8-25-11-14/h3-8,11-12,19H,9-10H2,1-2H3,(H,20,23). The topological polar surface area (TPSA) is 80.0 Å². The Morgan fingerprint density at radius 1 is 1.24 bits per heavy atom. The van der Waals surface area contributed by atoms with Gasteiger partial charge in [0.2, 0.25) is 17.6 Å². The van der Waals surface area contributed by atoms with Gasteiger partial charge in [0.15, 0.2) is 0 Å². The average Bonchev–Trinajstić information content (AvgIpc) is 3.25. The van der Waals surface area contributed by atoms with Gasteiger partial charge in [-0.3, -0.25) is 4.79 Å². The molecule has 0 saturated heterocycles. The van der Waals surface area contributed by atoms with Gasteiger partial charge in [-0.1, -0.05) is 17.3 Å². The maximum Gasteiger partial charge on any atom is 0.246 e. The van der Waals surface area contributed by atoms with Gasteiger partial charge in [-0.2, -0.15) is 16.3 Å². The van der Waals surface area contributed by atoms with Crippen molar-refractivity contribution < 1.29 is 9.32 Å². The van der Waals surface area contributed by atoms with Gasteiger partial charge in [0.1, 0.15) is 0 Å². The summed E-state index contributed by atoms with van der Waals surface area (Å²) in [7, 11) is 0. The van der Waals surface area contributed by atoms with Gasteiger partial charge in [-0.25, -0.2) is 0 Å². The zero-order valence-corrected chi connectivity index (χ0v) is 15.0. The van der Waals surface area contributed by atoms with Gasteiger partial charge >= 0.3 is 0 Å². The quantitative estimate of drug-likeness (QED) is 0.677. The summed E-state index contributed by atoms with van der Waals surface area (Å²) in [4.78, 5) is 16.1. The zero-order valence-electron chi connectivity index (χ0n) is 14.2. The van der Waals surface area contributed by atoms with Crippen LogP contribution in [0.1, 0.15) is 25.3 Å². The van der Waals surface area contributed by atoms with Crippen LogP contribution >= 0.6 is 11.3 Å². The molecule has 0 aliphatic carbocycles. The van der Waals surface area contributed by atoms with Crippen LogP contribution in [0.25, 0.3) is 11.4 Å². The van der Waals surface area contributed by atoms with Crippen molar-refractivity contribution in [3.63, 3.8) is 0 Å². The maximum atomic E-state index is 11.8. The Balaban J connectivity index is 1.53. The SMILES string of the molecule is CC(C)NC(=O)Cc1ccc(NCc2nc(-c3ccsc3)no2)cc1. The number of benzene rings is 1. The van der Waals surface area contributed by atoms with E-state index in [4.69, 9.17) is 4.52 Å². The average molecular weight is 356 g/mol. The number of thiophene rings is 1. The fourth-order valence-electron chi connectivity index (χ4n) is 2.31. The normalized spacial score (nSPS) is 10.8. The van der Waals surface area contributed by atoms with Crippen molar-refractivity contribution in [2.75, 3.05) is 5.32 Å². The van der Waals surface area contributed by atoms with Crippen molar-refractivity contribution >= 4 is 22.9 Å². The van der Waals surface area contributed by atoms with Crippen LogP contribution in [-0.2, 0) is 17.8 Å². The summed E-state index contributed by atoms with van der Waals surface area (Å²) in [6, 6.07) is 9.87. The molecular weight excluding hydrogens is 336 g/mol. The minimum atomic E-state index is 0.0301. The van der Waals surface area contributed by atoms with Gasteiger partial charge in [-0.05, 0) is 43.0 Å². The lowest BCUT2D eigenvalue weighted by Crippen LogP contribution is -2.31. The molecule has 0 saturated carbocycles. The Morgan fingerprint density at radius 3 is 2.72 bits per heavy atom. The number of carbonyl (C=O) groups excluding carboxylic acids is 1. The summed E-state index contributed by atoms with van der Waals surface area (Å²) in [5, 5.41) is 14.1. The molecule has 0 aliphatic rings. The predicted octanol–water partition coefficient (Wildman–Crippen LogP) is 3.48. The summed E-state index contributed by atoms with van der Waals surface area (Å²) in [5.74, 6) is 1.16. The third-order valence-electron chi connectivity index (χ3n) is 3.46. The van der Waals surface area contributed by atoms with Gasteiger partial charge in [0.05, 0.1) is 13.0 Å². The lowest BCUT2D eigenvalue weighted by Gasteiger charge is -2.09. The van der Waals surface area contributed by atoms with E-state index in [1.54, 1.807) is 11.3 Å². The number of rotatable bonds is 7. The Labute approximate surface area is 150 Å². The molecule has 0 aliphatic heterocycles. The molecule has 25 heavy (non-hydrogen) atoms. The van der Waals surface area contributed by atoms with Crippen LogP contribution < -0.4 is 10.6 Å². The summed E-state index contributed by atoms with van der Waals surface area (Å²) in [6.45, 7) is 4.35. The maximum absolute atomic E-state index is 11.8. The monoisotopic (exact) mass is 356 g/mol. The smallest absolute Gasteiger partial charge is 0.246 e. The molecule has 0 unspecified atom stereocenters. The van der Waals surface area contributed by atoms with Crippen LogP contribution in [0, 0.1) is 0 Å². The molecule has 0 bridgehead atoms. The second-order valence-corrected chi connectivity index (χ2v) is 6.75. The third-order valence-corrected chi connectivity index (χ3v) is 4.14. The summed E-state index contributed by atoms with van der Waals surface area (Å²) in [5.41, 5.74) is 2.87. The molecule has 0 atom stereocenters. The van der Waals surface area contributed by atoms with E-state index < -0.39 is 0 Å². The fraction of sp³-hybridized carbons (Fsp3) is 0.278. The van der Waals surface area contributed by atoms with Gasteiger partial charge < -0.3 is 15.2 Å². The number of anilines is 1. The lowest BCUT2D eigenvalue weighted by atomic mass is 10.1. The van der Waals surface area contributed by atoms with E-state index in [0.717, 1.165) is 16.8 Å². The second kappa shape index (κ2) is 7.94. The third kappa shape index (κ3) is 4.90. The fourth-order valence-corrected chi connectivity index (χ4v) is 2.95. The van der Waals surface area contributed by atoms with Crippen LogP contribution in [0.15, 0.2) is 45.6 Å². The first-order valence-corrected chi connectivity index (χ1v) is 9.02. The van der Waals surface area contributed by atoms with Crippen LogP contribution in [0.2, 0.25) is 0 Å². The van der Waals surface area contributed by atoms with E-state index in [1.165, 1.54) is 0 Å². The minimum Gasteiger partial charge on any atom is -0.376 e. The number of carbonyl (C=O) groups is 1. The summed E-state index contributed by atoms with van der Waals surface area (Å²) < 4.78 is 5.25. The second-order valence-electron chi connectivity index (χ2n) is 5.97. The van der Waals surface area contributed by atoms with Crippen LogP contribution in [0.4, 0.5) is 5.69 Å². The summed E-state index contributed by atoms with van der Waals surface area (Å²) >= 11 is 1.60. The van der Waals surface area contributed by atoms with E-state index in [-0.39, 0.29) is 11.9 Å². The minimum absolute atomic E-state index is 0.0301. The largest absolute Gasteiger partial charge is 0.376 e. The molecule has 2 heterocycles.